The first kappa shape index (κ1) is 10.2. The zero-order valence-corrected chi connectivity index (χ0v) is 8.66. The Kier molecular flexibility index (Phi) is 2.86. The van der Waals surface area contributed by atoms with Crippen molar-refractivity contribution in [3.63, 3.8) is 0 Å². The van der Waals surface area contributed by atoms with E-state index in [-0.39, 0.29) is 6.03 Å². The van der Waals surface area contributed by atoms with Crippen molar-refractivity contribution in [1.82, 2.24) is 15.5 Å². The second kappa shape index (κ2) is 4.48. The molecule has 0 aliphatic carbocycles. The van der Waals surface area contributed by atoms with Crippen LogP contribution in [0.2, 0.25) is 0 Å². The molecular weight excluding hydrogens is 204 g/mol. The highest BCUT2D eigenvalue weighted by atomic mass is 16.2. The Balaban J connectivity index is 2.08. The summed E-state index contributed by atoms with van der Waals surface area (Å²) < 4.78 is 0. The van der Waals surface area contributed by atoms with Crippen molar-refractivity contribution in [2.24, 2.45) is 0 Å². The average molecular weight is 216 g/mol. The fourth-order valence-corrected chi connectivity index (χ4v) is 1.35. The van der Waals surface area contributed by atoms with Gasteiger partial charge in [0.05, 0.1) is 11.7 Å². The summed E-state index contributed by atoms with van der Waals surface area (Å²) in [7, 11) is 0. The number of rotatable bonds is 3. The number of hydrogen-bond donors (Lipinski definition) is 3. The third-order valence-corrected chi connectivity index (χ3v) is 2.11. The van der Waals surface area contributed by atoms with Crippen molar-refractivity contribution in [3.8, 4) is 0 Å². The van der Waals surface area contributed by atoms with Crippen LogP contribution in [0.3, 0.4) is 0 Å². The normalized spacial score (nSPS) is 10.0. The summed E-state index contributed by atoms with van der Waals surface area (Å²) in [5.74, 6) is 0. The van der Waals surface area contributed by atoms with Gasteiger partial charge >= 0.3 is 6.03 Å². The molecule has 82 valence electrons. The SMILES string of the molecule is C=CCNC(=O)Nc1ccc2cn[nH]c2c1. The highest BCUT2D eigenvalue weighted by Gasteiger charge is 2.01. The molecule has 0 aliphatic rings. The number of benzene rings is 1. The van der Waals surface area contributed by atoms with Crippen molar-refractivity contribution in [2.45, 2.75) is 0 Å². The first-order chi connectivity index (χ1) is 7.79. The van der Waals surface area contributed by atoms with Gasteiger partial charge in [0.15, 0.2) is 0 Å². The van der Waals surface area contributed by atoms with Gasteiger partial charge in [-0.05, 0) is 18.2 Å². The molecule has 0 radical (unpaired) electrons. The van der Waals surface area contributed by atoms with Crippen LogP contribution in [-0.4, -0.2) is 22.8 Å². The molecule has 5 heteroatoms. The maximum Gasteiger partial charge on any atom is 0.319 e. The minimum absolute atomic E-state index is 0.251. The Bertz CT molecular complexity index is 517. The molecule has 3 N–H and O–H groups in total. The van der Waals surface area contributed by atoms with Crippen LogP contribution in [-0.2, 0) is 0 Å². The summed E-state index contributed by atoms with van der Waals surface area (Å²) in [4.78, 5) is 11.3. The third kappa shape index (κ3) is 2.20. The number of nitrogens with one attached hydrogen (secondary N) is 3. The predicted octanol–water partition coefficient (Wildman–Crippen LogP) is 1.87. The first-order valence-corrected chi connectivity index (χ1v) is 4.88. The summed E-state index contributed by atoms with van der Waals surface area (Å²) in [5, 5.41) is 13.1. The van der Waals surface area contributed by atoms with Crippen molar-refractivity contribution >= 4 is 22.6 Å². The highest BCUT2D eigenvalue weighted by molar-refractivity contribution is 5.92. The summed E-state index contributed by atoms with van der Waals surface area (Å²) in [6.45, 7) is 3.96. The number of nitrogens with zero attached hydrogens (tertiary/aromatic N) is 1. The smallest absolute Gasteiger partial charge is 0.319 e. The highest BCUT2D eigenvalue weighted by Crippen LogP contribution is 2.16. The van der Waals surface area contributed by atoms with E-state index in [4.69, 9.17) is 0 Å². The number of fused-ring (bicyclic) bond motifs is 1. The minimum atomic E-state index is -0.251. The van der Waals surface area contributed by atoms with Gasteiger partial charge in [-0.25, -0.2) is 4.79 Å². The minimum Gasteiger partial charge on any atom is -0.334 e. The molecule has 0 atom stereocenters. The topological polar surface area (TPSA) is 69.8 Å². The summed E-state index contributed by atoms with van der Waals surface area (Å²) >= 11 is 0. The zero-order valence-electron chi connectivity index (χ0n) is 8.66. The molecule has 16 heavy (non-hydrogen) atoms. The van der Waals surface area contributed by atoms with Crippen LogP contribution in [0.15, 0.2) is 37.1 Å². The quantitative estimate of drug-likeness (QED) is 0.685. The fraction of sp³-hybridized carbons (Fsp3) is 0.0909. The average Bonchev–Trinajstić information content (AvgIpc) is 2.73. The Morgan fingerprint density at radius 1 is 1.56 bits per heavy atom. The number of carbonyl (C=O) groups is 1. The molecule has 0 bridgehead atoms. The molecule has 0 saturated carbocycles. The van der Waals surface area contributed by atoms with Crippen LogP contribution in [0.5, 0.6) is 0 Å². The van der Waals surface area contributed by atoms with Gasteiger partial charge in [0.1, 0.15) is 0 Å². The van der Waals surface area contributed by atoms with Gasteiger partial charge in [-0.2, -0.15) is 5.10 Å². The zero-order chi connectivity index (χ0) is 11.4. The largest absolute Gasteiger partial charge is 0.334 e. The number of H-pyrrole nitrogens is 1. The molecule has 2 amide bonds. The van der Waals surface area contributed by atoms with Gasteiger partial charge in [0, 0.05) is 17.6 Å². The van der Waals surface area contributed by atoms with E-state index in [0.717, 1.165) is 16.6 Å². The van der Waals surface area contributed by atoms with Gasteiger partial charge in [-0.1, -0.05) is 6.08 Å². The number of anilines is 1. The van der Waals surface area contributed by atoms with Crippen LogP contribution in [0.25, 0.3) is 10.9 Å². The molecule has 0 unspecified atom stereocenters. The lowest BCUT2D eigenvalue weighted by Crippen LogP contribution is -2.28. The maximum absolute atomic E-state index is 11.3. The summed E-state index contributed by atoms with van der Waals surface area (Å²) in [6.07, 6.45) is 3.36. The monoisotopic (exact) mass is 216 g/mol. The van der Waals surface area contributed by atoms with Crippen molar-refractivity contribution in [1.29, 1.82) is 0 Å². The molecule has 5 nitrogen and oxygen atoms in total. The Morgan fingerprint density at radius 2 is 2.44 bits per heavy atom. The first-order valence-electron chi connectivity index (χ1n) is 4.88. The molecule has 0 aliphatic heterocycles. The van der Waals surface area contributed by atoms with E-state index in [0.29, 0.717) is 6.54 Å². The Labute approximate surface area is 92.5 Å². The maximum atomic E-state index is 11.3. The summed E-state index contributed by atoms with van der Waals surface area (Å²) in [5.41, 5.74) is 1.61. The van der Waals surface area contributed by atoms with Gasteiger partial charge in [-0.15, -0.1) is 6.58 Å². The van der Waals surface area contributed by atoms with Gasteiger partial charge in [0.25, 0.3) is 0 Å². The lowest BCUT2D eigenvalue weighted by Gasteiger charge is -2.05. The van der Waals surface area contributed by atoms with Gasteiger partial charge in [0.2, 0.25) is 0 Å². The van der Waals surface area contributed by atoms with Crippen LogP contribution in [0.4, 0.5) is 10.5 Å². The van der Waals surface area contributed by atoms with Crippen molar-refractivity contribution < 1.29 is 4.79 Å². The van der Waals surface area contributed by atoms with Crippen molar-refractivity contribution in [3.05, 3.63) is 37.1 Å². The van der Waals surface area contributed by atoms with E-state index in [9.17, 15) is 4.79 Å². The number of urea groups is 1. The second-order valence-corrected chi connectivity index (χ2v) is 3.30. The molecular formula is C11H12N4O. The Morgan fingerprint density at radius 3 is 3.25 bits per heavy atom. The number of hydrogen-bond acceptors (Lipinski definition) is 2. The number of amides is 2. The van der Waals surface area contributed by atoms with Crippen LogP contribution in [0, 0.1) is 0 Å². The van der Waals surface area contributed by atoms with E-state index in [1.165, 1.54) is 0 Å². The summed E-state index contributed by atoms with van der Waals surface area (Å²) in [6, 6.07) is 5.29. The van der Waals surface area contributed by atoms with Crippen LogP contribution < -0.4 is 10.6 Å². The van der Waals surface area contributed by atoms with E-state index in [1.807, 2.05) is 18.2 Å². The molecule has 0 fully saturated rings. The van der Waals surface area contributed by atoms with Crippen LogP contribution in [0.1, 0.15) is 0 Å². The van der Waals surface area contributed by atoms with Gasteiger partial charge < -0.3 is 10.6 Å². The predicted molar refractivity (Wildman–Crippen MR) is 63.3 cm³/mol. The molecule has 1 heterocycles. The number of aromatic nitrogens is 2. The van der Waals surface area contributed by atoms with Crippen molar-refractivity contribution in [2.75, 3.05) is 11.9 Å². The van der Waals surface area contributed by atoms with E-state index in [1.54, 1.807) is 12.3 Å². The lowest BCUT2D eigenvalue weighted by atomic mass is 10.2. The standard InChI is InChI=1S/C11H12N4O/c1-2-5-12-11(16)14-9-4-3-8-7-13-15-10(8)6-9/h2-4,6-7H,1,5H2,(H,13,15)(H2,12,14,16). The molecule has 2 rings (SSSR count). The van der Waals surface area contributed by atoms with E-state index >= 15 is 0 Å². The van der Waals surface area contributed by atoms with E-state index in [2.05, 4.69) is 27.4 Å². The molecule has 0 spiro atoms. The lowest BCUT2D eigenvalue weighted by molar-refractivity contribution is 0.253. The molecule has 2 aromatic rings. The van der Waals surface area contributed by atoms with E-state index < -0.39 is 0 Å². The number of aromatic amines is 1. The second-order valence-electron chi connectivity index (χ2n) is 3.30. The third-order valence-electron chi connectivity index (χ3n) is 2.11. The molecule has 1 aromatic heterocycles. The van der Waals surface area contributed by atoms with Gasteiger partial charge in [-0.3, -0.25) is 5.10 Å². The molecule has 1 aromatic carbocycles. The van der Waals surface area contributed by atoms with Crippen LogP contribution >= 0.6 is 0 Å². The Hall–Kier alpha value is -2.30. The number of carbonyl (C=O) groups excluding carboxylic acids is 1. The fourth-order valence-electron chi connectivity index (χ4n) is 1.35. The molecule has 0 saturated heterocycles.